The molecule has 0 aliphatic carbocycles. The number of ether oxygens (including phenoxy) is 1. The summed E-state index contributed by atoms with van der Waals surface area (Å²) in [4.78, 5) is 12.7. The smallest absolute Gasteiger partial charge is 0.306 e. The molecule has 0 aromatic heterocycles. The average molecular weight is 296 g/mol. The molecule has 0 saturated heterocycles. The molecular formula is C15H24N2O2S. The topological polar surface area (TPSA) is 64.3 Å². The SMILES string of the molecule is CSc1ccc(N)c(NCCCC(=O)OC(C)(C)C)c1. The summed E-state index contributed by atoms with van der Waals surface area (Å²) in [5.41, 5.74) is 7.13. The molecule has 0 fully saturated rings. The van der Waals surface area contributed by atoms with Crippen LogP contribution in [0.1, 0.15) is 33.6 Å². The van der Waals surface area contributed by atoms with Gasteiger partial charge in [-0.15, -0.1) is 11.8 Å². The Morgan fingerprint density at radius 3 is 2.70 bits per heavy atom. The fourth-order valence-corrected chi connectivity index (χ4v) is 2.10. The first-order valence-electron chi connectivity index (χ1n) is 6.71. The van der Waals surface area contributed by atoms with Gasteiger partial charge in [0.1, 0.15) is 5.60 Å². The minimum atomic E-state index is -0.415. The fourth-order valence-electron chi connectivity index (χ4n) is 1.66. The van der Waals surface area contributed by atoms with E-state index >= 15 is 0 Å². The van der Waals surface area contributed by atoms with E-state index in [4.69, 9.17) is 10.5 Å². The van der Waals surface area contributed by atoms with Gasteiger partial charge >= 0.3 is 5.97 Å². The van der Waals surface area contributed by atoms with Crippen molar-refractivity contribution in [3.05, 3.63) is 18.2 Å². The maximum Gasteiger partial charge on any atom is 0.306 e. The minimum Gasteiger partial charge on any atom is -0.460 e. The van der Waals surface area contributed by atoms with Gasteiger partial charge in [-0.2, -0.15) is 0 Å². The van der Waals surface area contributed by atoms with Gasteiger partial charge in [0.15, 0.2) is 0 Å². The van der Waals surface area contributed by atoms with Gasteiger partial charge < -0.3 is 15.8 Å². The van der Waals surface area contributed by atoms with Gasteiger partial charge in [-0.05, 0) is 51.6 Å². The lowest BCUT2D eigenvalue weighted by molar-refractivity contribution is -0.154. The molecule has 0 atom stereocenters. The summed E-state index contributed by atoms with van der Waals surface area (Å²) >= 11 is 1.67. The average Bonchev–Trinajstić information content (AvgIpc) is 2.34. The van der Waals surface area contributed by atoms with E-state index in [1.807, 2.05) is 45.2 Å². The molecule has 0 unspecified atom stereocenters. The normalized spacial score (nSPS) is 11.2. The van der Waals surface area contributed by atoms with Crippen LogP contribution in [0, 0.1) is 0 Å². The molecule has 112 valence electrons. The lowest BCUT2D eigenvalue weighted by Gasteiger charge is -2.19. The highest BCUT2D eigenvalue weighted by atomic mass is 32.2. The Labute approximate surface area is 125 Å². The standard InChI is InChI=1S/C15H24N2O2S/c1-15(2,3)19-14(18)6-5-9-17-13-10-11(20-4)7-8-12(13)16/h7-8,10,17H,5-6,9,16H2,1-4H3. The van der Waals surface area contributed by atoms with Crippen LogP contribution < -0.4 is 11.1 Å². The van der Waals surface area contributed by atoms with Crippen molar-refractivity contribution in [2.75, 3.05) is 23.9 Å². The monoisotopic (exact) mass is 296 g/mol. The predicted molar refractivity (Wildman–Crippen MR) is 86.2 cm³/mol. The molecular weight excluding hydrogens is 272 g/mol. The van der Waals surface area contributed by atoms with Crippen LogP contribution in [0.5, 0.6) is 0 Å². The second kappa shape index (κ2) is 7.43. The molecule has 0 bridgehead atoms. The van der Waals surface area contributed by atoms with Crippen LogP contribution in [0.3, 0.4) is 0 Å². The second-order valence-electron chi connectivity index (χ2n) is 5.57. The van der Waals surface area contributed by atoms with Gasteiger partial charge in [0, 0.05) is 17.9 Å². The van der Waals surface area contributed by atoms with E-state index in [-0.39, 0.29) is 5.97 Å². The highest BCUT2D eigenvalue weighted by Crippen LogP contribution is 2.25. The number of nitrogens with one attached hydrogen (secondary N) is 1. The highest BCUT2D eigenvalue weighted by Gasteiger charge is 2.15. The van der Waals surface area contributed by atoms with E-state index in [9.17, 15) is 4.79 Å². The Balaban J connectivity index is 2.36. The Morgan fingerprint density at radius 2 is 2.10 bits per heavy atom. The predicted octanol–water partition coefficient (Wildman–Crippen LogP) is 3.52. The molecule has 5 heteroatoms. The van der Waals surface area contributed by atoms with Crippen molar-refractivity contribution < 1.29 is 9.53 Å². The maximum atomic E-state index is 11.6. The molecule has 1 rings (SSSR count). The molecule has 20 heavy (non-hydrogen) atoms. The van der Waals surface area contributed by atoms with Crippen LogP contribution in [0.15, 0.2) is 23.1 Å². The summed E-state index contributed by atoms with van der Waals surface area (Å²) in [6, 6.07) is 5.90. The number of carbonyl (C=O) groups is 1. The van der Waals surface area contributed by atoms with Crippen molar-refractivity contribution in [3.8, 4) is 0 Å². The van der Waals surface area contributed by atoms with Gasteiger partial charge in [-0.25, -0.2) is 0 Å². The number of benzene rings is 1. The molecule has 1 aromatic rings. The molecule has 1 aromatic carbocycles. The van der Waals surface area contributed by atoms with Crippen LogP contribution in [-0.2, 0) is 9.53 Å². The number of nitrogens with two attached hydrogens (primary N) is 1. The summed E-state index contributed by atoms with van der Waals surface area (Å²) in [6.07, 6.45) is 3.15. The second-order valence-corrected chi connectivity index (χ2v) is 6.45. The molecule has 0 aliphatic heterocycles. The van der Waals surface area contributed by atoms with E-state index in [2.05, 4.69) is 5.32 Å². The Kier molecular flexibility index (Phi) is 6.20. The molecule has 4 nitrogen and oxygen atoms in total. The number of esters is 1. The third-order valence-corrected chi connectivity index (χ3v) is 3.28. The van der Waals surface area contributed by atoms with Crippen molar-refractivity contribution in [3.63, 3.8) is 0 Å². The first-order valence-corrected chi connectivity index (χ1v) is 7.93. The molecule has 0 amide bonds. The van der Waals surface area contributed by atoms with Gasteiger partial charge in [0.25, 0.3) is 0 Å². The van der Waals surface area contributed by atoms with Gasteiger partial charge in [0.2, 0.25) is 0 Å². The quantitative estimate of drug-likeness (QED) is 0.364. The molecule has 0 radical (unpaired) electrons. The summed E-state index contributed by atoms with van der Waals surface area (Å²) < 4.78 is 5.26. The largest absolute Gasteiger partial charge is 0.460 e. The maximum absolute atomic E-state index is 11.6. The van der Waals surface area contributed by atoms with Crippen LogP contribution >= 0.6 is 11.8 Å². The van der Waals surface area contributed by atoms with Crippen LogP contribution in [0.25, 0.3) is 0 Å². The number of hydrogen-bond donors (Lipinski definition) is 2. The number of hydrogen-bond acceptors (Lipinski definition) is 5. The lowest BCUT2D eigenvalue weighted by atomic mass is 10.2. The molecule has 0 spiro atoms. The first-order chi connectivity index (χ1) is 9.31. The van der Waals surface area contributed by atoms with Crippen molar-refractivity contribution in [1.29, 1.82) is 0 Å². The third-order valence-electron chi connectivity index (χ3n) is 2.55. The van der Waals surface area contributed by atoms with Gasteiger partial charge in [-0.1, -0.05) is 0 Å². The van der Waals surface area contributed by atoms with Crippen LogP contribution in [-0.4, -0.2) is 24.4 Å². The first kappa shape index (κ1) is 16.7. The molecule has 3 N–H and O–H groups in total. The summed E-state index contributed by atoms with van der Waals surface area (Å²) in [5, 5.41) is 3.26. The number of rotatable bonds is 6. The summed E-state index contributed by atoms with van der Waals surface area (Å²) in [5.74, 6) is -0.162. The van der Waals surface area contributed by atoms with Crippen molar-refractivity contribution >= 4 is 29.1 Å². The zero-order valence-corrected chi connectivity index (χ0v) is 13.5. The molecule has 0 saturated carbocycles. The fraction of sp³-hybridized carbons (Fsp3) is 0.533. The Hall–Kier alpha value is -1.36. The van der Waals surface area contributed by atoms with E-state index in [1.54, 1.807) is 11.8 Å². The minimum absolute atomic E-state index is 0.162. The van der Waals surface area contributed by atoms with Gasteiger partial charge in [0.05, 0.1) is 11.4 Å². The highest BCUT2D eigenvalue weighted by molar-refractivity contribution is 7.98. The Morgan fingerprint density at radius 1 is 1.40 bits per heavy atom. The van der Waals surface area contributed by atoms with E-state index in [0.29, 0.717) is 13.0 Å². The summed E-state index contributed by atoms with van der Waals surface area (Å²) in [6.45, 7) is 6.31. The Bertz CT molecular complexity index is 456. The van der Waals surface area contributed by atoms with E-state index < -0.39 is 5.60 Å². The number of carbonyl (C=O) groups excluding carboxylic acids is 1. The zero-order chi connectivity index (χ0) is 15.2. The van der Waals surface area contributed by atoms with Crippen molar-refractivity contribution in [1.82, 2.24) is 0 Å². The summed E-state index contributed by atoms with van der Waals surface area (Å²) in [7, 11) is 0. The van der Waals surface area contributed by atoms with E-state index in [1.165, 1.54) is 0 Å². The van der Waals surface area contributed by atoms with Crippen LogP contribution in [0.2, 0.25) is 0 Å². The number of nitrogen functional groups attached to an aromatic ring is 1. The lowest BCUT2D eigenvalue weighted by Crippen LogP contribution is -2.24. The van der Waals surface area contributed by atoms with Gasteiger partial charge in [-0.3, -0.25) is 4.79 Å². The number of thioether (sulfide) groups is 1. The van der Waals surface area contributed by atoms with E-state index in [0.717, 1.165) is 22.7 Å². The molecule has 0 heterocycles. The van der Waals surface area contributed by atoms with Crippen molar-refractivity contribution in [2.45, 2.75) is 44.1 Å². The molecule has 0 aliphatic rings. The number of anilines is 2. The van der Waals surface area contributed by atoms with Crippen molar-refractivity contribution in [2.24, 2.45) is 0 Å². The third kappa shape index (κ3) is 6.19. The zero-order valence-electron chi connectivity index (χ0n) is 12.7. The van der Waals surface area contributed by atoms with Crippen LogP contribution in [0.4, 0.5) is 11.4 Å².